The average molecular weight is 224 g/mol. The van der Waals surface area contributed by atoms with Crippen LogP contribution in [0.15, 0.2) is 0 Å². The van der Waals surface area contributed by atoms with Gasteiger partial charge >= 0.3 is 0 Å². The lowest BCUT2D eigenvalue weighted by Crippen LogP contribution is -2.35. The molecule has 3 N–H and O–H groups in total. The normalized spacial score (nSPS) is 38.6. The first-order chi connectivity index (χ1) is 7.85. The lowest BCUT2D eigenvalue weighted by Gasteiger charge is -2.30. The fraction of sp³-hybridized carbons (Fsp3) is 1.00. The summed E-state index contributed by atoms with van der Waals surface area (Å²) in [5, 5.41) is 3.77. The Kier molecular flexibility index (Phi) is 4.66. The lowest BCUT2D eigenvalue weighted by molar-refractivity contribution is 0.234. The summed E-state index contributed by atoms with van der Waals surface area (Å²) in [5.74, 6) is 2.65. The zero-order valence-corrected chi connectivity index (χ0v) is 10.8. The second-order valence-electron chi connectivity index (χ2n) is 5.84. The number of hydrogen-bond donors (Lipinski definition) is 2. The highest BCUT2D eigenvalue weighted by molar-refractivity contribution is 4.93. The first-order valence-electron chi connectivity index (χ1n) is 7.28. The van der Waals surface area contributed by atoms with Crippen molar-refractivity contribution in [3.63, 3.8) is 0 Å². The molecule has 2 heteroatoms. The van der Waals surface area contributed by atoms with Crippen LogP contribution in [0, 0.1) is 17.8 Å². The molecule has 2 nitrogen and oxygen atoms in total. The minimum atomic E-state index is 0.796. The van der Waals surface area contributed by atoms with Gasteiger partial charge in [-0.05, 0) is 56.5 Å². The second kappa shape index (κ2) is 6.02. The van der Waals surface area contributed by atoms with E-state index in [0.717, 1.165) is 30.3 Å². The Morgan fingerprint density at radius 2 is 1.88 bits per heavy atom. The predicted octanol–water partition coefficient (Wildman–Crippen LogP) is 2.53. The first kappa shape index (κ1) is 12.4. The van der Waals surface area contributed by atoms with Crippen molar-refractivity contribution in [3.05, 3.63) is 0 Å². The Balaban J connectivity index is 1.65. The van der Waals surface area contributed by atoms with Gasteiger partial charge in [0.2, 0.25) is 0 Å². The van der Waals surface area contributed by atoms with Gasteiger partial charge in [0.15, 0.2) is 0 Å². The summed E-state index contributed by atoms with van der Waals surface area (Å²) in [6, 6.07) is 0.848. The summed E-state index contributed by atoms with van der Waals surface area (Å²) in [5.41, 5.74) is 5.86. The maximum absolute atomic E-state index is 5.86. The summed E-state index contributed by atoms with van der Waals surface area (Å²) < 4.78 is 0. The van der Waals surface area contributed by atoms with Crippen LogP contribution in [-0.2, 0) is 0 Å². The van der Waals surface area contributed by atoms with Crippen LogP contribution >= 0.6 is 0 Å². The van der Waals surface area contributed by atoms with Crippen LogP contribution in [-0.4, -0.2) is 19.1 Å². The van der Waals surface area contributed by atoms with Crippen LogP contribution in [0.25, 0.3) is 0 Å². The van der Waals surface area contributed by atoms with Crippen LogP contribution in [0.5, 0.6) is 0 Å². The molecule has 2 saturated carbocycles. The van der Waals surface area contributed by atoms with E-state index < -0.39 is 0 Å². The lowest BCUT2D eigenvalue weighted by atomic mass is 9.79. The van der Waals surface area contributed by atoms with Crippen molar-refractivity contribution in [2.24, 2.45) is 23.5 Å². The van der Waals surface area contributed by atoms with E-state index in [-0.39, 0.29) is 0 Å². The maximum atomic E-state index is 5.86. The van der Waals surface area contributed by atoms with Gasteiger partial charge in [-0.1, -0.05) is 26.2 Å². The van der Waals surface area contributed by atoms with Crippen LogP contribution in [0.3, 0.4) is 0 Å². The zero-order chi connectivity index (χ0) is 11.4. The van der Waals surface area contributed by atoms with Crippen LogP contribution in [0.2, 0.25) is 0 Å². The van der Waals surface area contributed by atoms with E-state index in [1.54, 1.807) is 0 Å². The molecule has 0 aromatic rings. The minimum Gasteiger partial charge on any atom is -0.330 e. The van der Waals surface area contributed by atoms with Crippen LogP contribution < -0.4 is 11.1 Å². The second-order valence-corrected chi connectivity index (χ2v) is 5.84. The fourth-order valence-electron chi connectivity index (χ4n) is 3.35. The first-order valence-corrected chi connectivity index (χ1v) is 7.28. The smallest absolute Gasteiger partial charge is 0.00992 e. The third kappa shape index (κ3) is 3.21. The van der Waals surface area contributed by atoms with Crippen molar-refractivity contribution in [2.75, 3.05) is 13.1 Å². The molecule has 0 aromatic heterocycles. The molecule has 4 unspecified atom stereocenters. The van der Waals surface area contributed by atoms with Crippen molar-refractivity contribution in [1.82, 2.24) is 5.32 Å². The van der Waals surface area contributed by atoms with Gasteiger partial charge in [0.05, 0.1) is 0 Å². The largest absolute Gasteiger partial charge is 0.330 e. The van der Waals surface area contributed by atoms with E-state index >= 15 is 0 Å². The molecule has 0 aromatic carbocycles. The Hall–Kier alpha value is -0.0800. The summed E-state index contributed by atoms with van der Waals surface area (Å²) in [7, 11) is 0. The monoisotopic (exact) mass is 224 g/mol. The van der Waals surface area contributed by atoms with Gasteiger partial charge in [0.1, 0.15) is 0 Å². The van der Waals surface area contributed by atoms with Gasteiger partial charge in [0.25, 0.3) is 0 Å². The summed E-state index contributed by atoms with van der Waals surface area (Å²) in [6.45, 7) is 4.42. The molecule has 2 aliphatic rings. The number of nitrogens with two attached hydrogens (primary N) is 1. The summed E-state index contributed by atoms with van der Waals surface area (Å²) in [4.78, 5) is 0. The van der Waals surface area contributed by atoms with E-state index in [4.69, 9.17) is 5.73 Å². The minimum absolute atomic E-state index is 0.796. The van der Waals surface area contributed by atoms with Gasteiger partial charge in [-0.25, -0.2) is 0 Å². The molecule has 2 rings (SSSR count). The highest BCUT2D eigenvalue weighted by Gasteiger charge is 2.36. The van der Waals surface area contributed by atoms with E-state index in [9.17, 15) is 0 Å². The fourth-order valence-corrected chi connectivity index (χ4v) is 3.35. The molecule has 2 aliphatic carbocycles. The molecule has 94 valence electrons. The molecular formula is C14H28N2. The molecule has 0 radical (unpaired) electrons. The standard InChI is InChI=1S/C14H28N2/c1-2-5-11-8-14(11)16-10-13-7-4-3-6-12(13)9-15/h11-14,16H,2-10,15H2,1H3. The number of nitrogens with one attached hydrogen (secondary N) is 1. The van der Waals surface area contributed by atoms with Crippen LogP contribution in [0.4, 0.5) is 0 Å². The maximum Gasteiger partial charge on any atom is 0.00992 e. The van der Waals surface area contributed by atoms with Gasteiger partial charge in [-0.2, -0.15) is 0 Å². The quantitative estimate of drug-likeness (QED) is 0.727. The Morgan fingerprint density at radius 1 is 1.12 bits per heavy atom. The van der Waals surface area contributed by atoms with Crippen molar-refractivity contribution >= 4 is 0 Å². The zero-order valence-electron chi connectivity index (χ0n) is 10.8. The number of rotatable bonds is 6. The summed E-state index contributed by atoms with van der Waals surface area (Å²) in [6.07, 6.45) is 9.78. The van der Waals surface area contributed by atoms with Gasteiger partial charge < -0.3 is 11.1 Å². The van der Waals surface area contributed by atoms with Crippen molar-refractivity contribution in [2.45, 2.75) is 57.9 Å². The predicted molar refractivity (Wildman–Crippen MR) is 69.3 cm³/mol. The Labute approximate surface area is 100 Å². The van der Waals surface area contributed by atoms with E-state index in [1.807, 2.05) is 0 Å². The van der Waals surface area contributed by atoms with Gasteiger partial charge in [-0.15, -0.1) is 0 Å². The topological polar surface area (TPSA) is 38.0 Å². The molecule has 0 saturated heterocycles. The highest BCUT2D eigenvalue weighted by Crippen LogP contribution is 2.35. The van der Waals surface area contributed by atoms with Crippen LogP contribution in [0.1, 0.15) is 51.9 Å². The van der Waals surface area contributed by atoms with E-state index in [1.165, 1.54) is 51.5 Å². The third-order valence-electron chi connectivity index (χ3n) is 4.59. The average Bonchev–Trinajstić information content (AvgIpc) is 3.06. The molecule has 2 fully saturated rings. The van der Waals surface area contributed by atoms with Crippen molar-refractivity contribution < 1.29 is 0 Å². The molecule has 0 spiro atoms. The molecule has 0 aliphatic heterocycles. The molecule has 0 heterocycles. The van der Waals surface area contributed by atoms with Crippen molar-refractivity contribution in [1.29, 1.82) is 0 Å². The SMILES string of the molecule is CCCC1CC1NCC1CCCCC1CN. The van der Waals surface area contributed by atoms with E-state index in [2.05, 4.69) is 12.2 Å². The third-order valence-corrected chi connectivity index (χ3v) is 4.59. The summed E-state index contributed by atoms with van der Waals surface area (Å²) >= 11 is 0. The van der Waals surface area contributed by atoms with Gasteiger partial charge in [-0.3, -0.25) is 0 Å². The highest BCUT2D eigenvalue weighted by atomic mass is 15.0. The molecular weight excluding hydrogens is 196 g/mol. The number of hydrogen-bond acceptors (Lipinski definition) is 2. The van der Waals surface area contributed by atoms with Crippen molar-refractivity contribution in [3.8, 4) is 0 Å². The molecule has 0 amide bonds. The molecule has 0 bridgehead atoms. The van der Waals surface area contributed by atoms with Gasteiger partial charge in [0, 0.05) is 6.04 Å². The molecule has 16 heavy (non-hydrogen) atoms. The Bertz CT molecular complexity index is 205. The molecule has 4 atom stereocenters. The van der Waals surface area contributed by atoms with E-state index in [0.29, 0.717) is 0 Å². The Morgan fingerprint density at radius 3 is 2.56 bits per heavy atom.